The van der Waals surface area contributed by atoms with E-state index in [1.807, 2.05) is 12.1 Å². The normalized spacial score (nSPS) is 14.8. The van der Waals surface area contributed by atoms with E-state index in [0.717, 1.165) is 42.0 Å². The summed E-state index contributed by atoms with van der Waals surface area (Å²) in [5, 5.41) is 6.41. The fraction of sp³-hybridized carbons (Fsp3) is 0.409. The Morgan fingerprint density at radius 3 is 2.27 bits per heavy atom. The highest BCUT2D eigenvalue weighted by molar-refractivity contribution is 5.75. The second-order valence-corrected chi connectivity index (χ2v) is 6.93. The maximum absolute atomic E-state index is 12.1. The maximum atomic E-state index is 12.1. The Morgan fingerprint density at radius 2 is 1.65 bits per heavy atom. The van der Waals surface area contributed by atoms with Crippen molar-refractivity contribution >= 4 is 5.91 Å². The predicted molar refractivity (Wildman–Crippen MR) is 105 cm³/mol. The highest BCUT2D eigenvalue weighted by atomic mass is 16.5. The first kappa shape index (κ1) is 18.5. The summed E-state index contributed by atoms with van der Waals surface area (Å²) in [6, 6.07) is 16.4. The highest BCUT2D eigenvalue weighted by Crippen LogP contribution is 2.22. The number of hydrogen-bond acceptors (Lipinski definition) is 3. The number of carbonyl (C=O) groups excluding carboxylic acids is 1. The van der Waals surface area contributed by atoms with E-state index in [-0.39, 0.29) is 5.91 Å². The Morgan fingerprint density at radius 1 is 1.04 bits per heavy atom. The van der Waals surface area contributed by atoms with E-state index < -0.39 is 0 Å². The monoisotopic (exact) mass is 352 g/mol. The Balaban J connectivity index is 1.45. The van der Waals surface area contributed by atoms with Crippen LogP contribution in [0.1, 0.15) is 31.2 Å². The minimum absolute atomic E-state index is 0.155. The average molecular weight is 352 g/mol. The molecular formula is C22H28N2O2. The molecule has 0 spiro atoms. The van der Waals surface area contributed by atoms with E-state index in [2.05, 4.69) is 47.0 Å². The van der Waals surface area contributed by atoms with Gasteiger partial charge in [-0.1, -0.05) is 36.4 Å². The van der Waals surface area contributed by atoms with Crippen LogP contribution in [0.15, 0.2) is 48.5 Å². The van der Waals surface area contributed by atoms with Gasteiger partial charge in [-0.2, -0.15) is 0 Å². The zero-order valence-electron chi connectivity index (χ0n) is 15.5. The second-order valence-electron chi connectivity index (χ2n) is 6.93. The van der Waals surface area contributed by atoms with Crippen molar-refractivity contribution in [2.24, 2.45) is 5.92 Å². The summed E-state index contributed by atoms with van der Waals surface area (Å²) in [6.45, 7) is 2.77. The number of piperidine rings is 1. The minimum atomic E-state index is 0.155. The third-order valence-corrected chi connectivity index (χ3v) is 5.11. The number of carbonyl (C=O) groups is 1. The standard InChI is InChI=1S/C22H28N2O2/c1-26-21-9-7-20(8-10-21)19-5-2-18(3-6-19)16-24-22(25)11-4-17-12-14-23-15-13-17/h2-3,5-10,17,23H,4,11-16H2,1H3,(H,24,25). The fourth-order valence-corrected chi connectivity index (χ4v) is 3.39. The number of hydrogen-bond donors (Lipinski definition) is 2. The van der Waals surface area contributed by atoms with Gasteiger partial charge < -0.3 is 15.4 Å². The zero-order valence-corrected chi connectivity index (χ0v) is 15.5. The van der Waals surface area contributed by atoms with Gasteiger partial charge in [0.05, 0.1) is 7.11 Å². The first-order chi connectivity index (χ1) is 12.7. The molecule has 0 aromatic heterocycles. The number of benzene rings is 2. The summed E-state index contributed by atoms with van der Waals surface area (Å²) >= 11 is 0. The van der Waals surface area contributed by atoms with E-state index in [4.69, 9.17) is 4.74 Å². The van der Waals surface area contributed by atoms with Gasteiger partial charge in [-0.25, -0.2) is 0 Å². The molecule has 1 saturated heterocycles. The number of methoxy groups -OCH3 is 1. The van der Waals surface area contributed by atoms with Crippen molar-refractivity contribution in [1.29, 1.82) is 0 Å². The Bertz CT molecular complexity index is 689. The average Bonchev–Trinajstić information content (AvgIpc) is 2.72. The quantitative estimate of drug-likeness (QED) is 0.798. The first-order valence-electron chi connectivity index (χ1n) is 9.45. The van der Waals surface area contributed by atoms with E-state index in [0.29, 0.717) is 18.9 Å². The number of ether oxygens (including phenoxy) is 1. The van der Waals surface area contributed by atoms with Gasteiger partial charge in [0.2, 0.25) is 5.91 Å². The molecule has 1 aliphatic rings. The SMILES string of the molecule is COc1ccc(-c2ccc(CNC(=O)CCC3CCNCC3)cc2)cc1. The van der Waals surface area contributed by atoms with Crippen LogP contribution in [0, 0.1) is 5.92 Å². The molecule has 0 aliphatic carbocycles. The van der Waals surface area contributed by atoms with Crippen LogP contribution in [-0.2, 0) is 11.3 Å². The number of amides is 1. The first-order valence-corrected chi connectivity index (χ1v) is 9.45. The Labute approximate surface area is 156 Å². The van der Waals surface area contributed by atoms with Crippen LogP contribution >= 0.6 is 0 Å². The summed E-state index contributed by atoms with van der Waals surface area (Å²) in [7, 11) is 1.67. The van der Waals surface area contributed by atoms with Gasteiger partial charge in [-0.3, -0.25) is 4.79 Å². The molecule has 1 heterocycles. The van der Waals surface area contributed by atoms with Crippen LogP contribution in [0.4, 0.5) is 0 Å². The van der Waals surface area contributed by atoms with Gasteiger partial charge in [-0.05, 0) is 67.1 Å². The van der Waals surface area contributed by atoms with Crippen molar-refractivity contribution in [2.45, 2.75) is 32.2 Å². The molecule has 0 bridgehead atoms. The lowest BCUT2D eigenvalue weighted by Gasteiger charge is -2.22. The molecule has 3 rings (SSSR count). The summed E-state index contributed by atoms with van der Waals surface area (Å²) in [4.78, 5) is 12.1. The number of nitrogens with one attached hydrogen (secondary N) is 2. The molecule has 1 aliphatic heterocycles. The zero-order chi connectivity index (χ0) is 18.2. The van der Waals surface area contributed by atoms with E-state index in [9.17, 15) is 4.79 Å². The fourth-order valence-electron chi connectivity index (χ4n) is 3.39. The van der Waals surface area contributed by atoms with Crippen LogP contribution in [0.2, 0.25) is 0 Å². The van der Waals surface area contributed by atoms with Gasteiger partial charge in [0, 0.05) is 13.0 Å². The van der Waals surface area contributed by atoms with Crippen LogP contribution in [-0.4, -0.2) is 26.1 Å². The molecule has 2 N–H and O–H groups in total. The Kier molecular flexibility index (Phi) is 6.67. The van der Waals surface area contributed by atoms with Crippen molar-refractivity contribution in [2.75, 3.05) is 20.2 Å². The van der Waals surface area contributed by atoms with Crippen LogP contribution in [0.3, 0.4) is 0 Å². The summed E-state index contributed by atoms with van der Waals surface area (Å²) in [6.07, 6.45) is 4.03. The summed E-state index contributed by atoms with van der Waals surface area (Å²) in [5.74, 6) is 1.71. The van der Waals surface area contributed by atoms with E-state index in [1.54, 1.807) is 7.11 Å². The van der Waals surface area contributed by atoms with E-state index in [1.165, 1.54) is 12.8 Å². The summed E-state index contributed by atoms with van der Waals surface area (Å²) < 4.78 is 5.19. The van der Waals surface area contributed by atoms with Crippen molar-refractivity contribution < 1.29 is 9.53 Å². The van der Waals surface area contributed by atoms with Crippen LogP contribution < -0.4 is 15.4 Å². The highest BCUT2D eigenvalue weighted by Gasteiger charge is 2.14. The van der Waals surface area contributed by atoms with Gasteiger partial charge in [0.25, 0.3) is 0 Å². The van der Waals surface area contributed by atoms with Crippen molar-refractivity contribution in [1.82, 2.24) is 10.6 Å². The van der Waals surface area contributed by atoms with Crippen molar-refractivity contribution in [3.63, 3.8) is 0 Å². The lowest BCUT2D eigenvalue weighted by atomic mass is 9.93. The van der Waals surface area contributed by atoms with Crippen molar-refractivity contribution in [3.8, 4) is 16.9 Å². The largest absolute Gasteiger partial charge is 0.497 e. The maximum Gasteiger partial charge on any atom is 0.220 e. The van der Waals surface area contributed by atoms with Gasteiger partial charge in [0.15, 0.2) is 0 Å². The molecule has 2 aromatic carbocycles. The number of rotatable bonds is 7. The third kappa shape index (κ3) is 5.33. The molecule has 1 fully saturated rings. The topological polar surface area (TPSA) is 50.4 Å². The molecule has 0 atom stereocenters. The van der Waals surface area contributed by atoms with Gasteiger partial charge in [0.1, 0.15) is 5.75 Å². The molecule has 0 unspecified atom stereocenters. The molecular weight excluding hydrogens is 324 g/mol. The van der Waals surface area contributed by atoms with Gasteiger partial charge in [-0.15, -0.1) is 0 Å². The smallest absolute Gasteiger partial charge is 0.220 e. The molecule has 138 valence electrons. The lowest BCUT2D eigenvalue weighted by molar-refractivity contribution is -0.121. The van der Waals surface area contributed by atoms with E-state index >= 15 is 0 Å². The molecule has 4 heteroatoms. The third-order valence-electron chi connectivity index (χ3n) is 5.11. The molecule has 0 saturated carbocycles. The molecule has 0 radical (unpaired) electrons. The molecule has 4 nitrogen and oxygen atoms in total. The van der Waals surface area contributed by atoms with Crippen molar-refractivity contribution in [3.05, 3.63) is 54.1 Å². The summed E-state index contributed by atoms with van der Waals surface area (Å²) in [5.41, 5.74) is 3.44. The Hall–Kier alpha value is -2.33. The lowest BCUT2D eigenvalue weighted by Crippen LogP contribution is -2.29. The minimum Gasteiger partial charge on any atom is -0.497 e. The predicted octanol–water partition coefficient (Wildman–Crippen LogP) is 3.76. The molecule has 2 aromatic rings. The van der Waals surface area contributed by atoms with Crippen LogP contribution in [0.5, 0.6) is 5.75 Å². The van der Waals surface area contributed by atoms with Crippen LogP contribution in [0.25, 0.3) is 11.1 Å². The molecule has 26 heavy (non-hydrogen) atoms. The molecule has 1 amide bonds. The second kappa shape index (κ2) is 9.39. The van der Waals surface area contributed by atoms with Gasteiger partial charge >= 0.3 is 0 Å².